The Balaban J connectivity index is 1.24. The number of carbonyl (C=O) groups excluding carboxylic acids is 1. The highest BCUT2D eigenvalue weighted by Gasteiger charge is 2.39. The number of rotatable bonds is 5. The molecule has 3 aliphatic rings. The zero-order valence-corrected chi connectivity index (χ0v) is 21.0. The number of fused-ring (bicyclic) bond motifs is 1. The minimum absolute atomic E-state index is 0.294. The lowest BCUT2D eigenvalue weighted by atomic mass is 9.99. The molecule has 2 aromatic heterocycles. The maximum atomic E-state index is 13.1. The van der Waals surface area contributed by atoms with Gasteiger partial charge in [0.15, 0.2) is 5.82 Å². The second kappa shape index (κ2) is 9.44. The summed E-state index contributed by atoms with van der Waals surface area (Å²) in [6.45, 7) is 16.0. The molecule has 3 fully saturated rings. The molecule has 0 N–H and O–H groups in total. The molecule has 0 bridgehead atoms. The quantitative estimate of drug-likeness (QED) is 0.662. The highest BCUT2D eigenvalue weighted by molar-refractivity contribution is 7.19. The predicted octanol–water partition coefficient (Wildman–Crippen LogP) is 2.35. The van der Waals surface area contributed by atoms with Gasteiger partial charge in [-0.05, 0) is 39.7 Å². The number of carbonyl (C=O) groups is 1. The third-order valence-electron chi connectivity index (χ3n) is 7.29. The molecule has 8 nitrogen and oxygen atoms in total. The van der Waals surface area contributed by atoms with Crippen LogP contribution in [0.25, 0.3) is 10.2 Å². The van der Waals surface area contributed by atoms with Crippen molar-refractivity contribution in [3.05, 3.63) is 16.8 Å². The first kappa shape index (κ1) is 23.0. The fourth-order valence-electron chi connectivity index (χ4n) is 5.27. The molecule has 180 valence electrons. The first-order valence-electron chi connectivity index (χ1n) is 12.3. The van der Waals surface area contributed by atoms with Gasteiger partial charge in [-0.15, -0.1) is 11.3 Å². The van der Waals surface area contributed by atoms with Crippen molar-refractivity contribution in [2.24, 2.45) is 0 Å². The summed E-state index contributed by atoms with van der Waals surface area (Å²) in [4.78, 5) is 33.2. The Hall–Kier alpha value is -1.81. The Morgan fingerprint density at radius 2 is 1.73 bits per heavy atom. The SMILES string of the molecule is Cc1nc(N2CCOCC2)c2sc(CN3CCN(C(C)(C)C(=O)N4CCCC4)CC3)cc2n1. The van der Waals surface area contributed by atoms with Gasteiger partial charge in [0.1, 0.15) is 5.82 Å². The van der Waals surface area contributed by atoms with Crippen LogP contribution >= 0.6 is 11.3 Å². The minimum Gasteiger partial charge on any atom is -0.378 e. The van der Waals surface area contributed by atoms with Gasteiger partial charge in [-0.3, -0.25) is 14.6 Å². The maximum Gasteiger partial charge on any atom is 0.242 e. The van der Waals surface area contributed by atoms with Gasteiger partial charge >= 0.3 is 0 Å². The molecule has 1 amide bonds. The molecule has 9 heteroatoms. The van der Waals surface area contributed by atoms with E-state index in [4.69, 9.17) is 14.7 Å². The molecule has 5 rings (SSSR count). The van der Waals surface area contributed by atoms with Crippen molar-refractivity contribution in [1.29, 1.82) is 0 Å². The number of thiophene rings is 1. The smallest absolute Gasteiger partial charge is 0.242 e. The molecule has 2 aromatic rings. The summed E-state index contributed by atoms with van der Waals surface area (Å²) >= 11 is 1.82. The van der Waals surface area contributed by atoms with Crippen molar-refractivity contribution in [2.75, 3.05) is 70.5 Å². The molecule has 0 aromatic carbocycles. The predicted molar refractivity (Wildman–Crippen MR) is 132 cm³/mol. The molecule has 0 radical (unpaired) electrons. The number of hydrogen-bond donors (Lipinski definition) is 0. The fraction of sp³-hybridized carbons (Fsp3) is 0.708. The Morgan fingerprint density at radius 3 is 2.42 bits per heavy atom. The van der Waals surface area contributed by atoms with E-state index in [1.54, 1.807) is 0 Å². The van der Waals surface area contributed by atoms with E-state index < -0.39 is 5.54 Å². The molecule has 0 aliphatic carbocycles. The van der Waals surface area contributed by atoms with Crippen LogP contribution < -0.4 is 4.90 Å². The largest absolute Gasteiger partial charge is 0.378 e. The van der Waals surface area contributed by atoms with E-state index >= 15 is 0 Å². The van der Waals surface area contributed by atoms with Crippen LogP contribution in [-0.2, 0) is 16.1 Å². The molecule has 3 aliphatic heterocycles. The average Bonchev–Trinajstić information content (AvgIpc) is 3.49. The number of amides is 1. The minimum atomic E-state index is -0.422. The number of aryl methyl sites for hydroxylation is 1. The molecule has 0 saturated carbocycles. The number of likely N-dealkylation sites (tertiary alicyclic amines) is 1. The first-order chi connectivity index (χ1) is 15.9. The van der Waals surface area contributed by atoms with E-state index in [9.17, 15) is 4.79 Å². The van der Waals surface area contributed by atoms with Crippen molar-refractivity contribution >= 4 is 33.3 Å². The molecule has 5 heterocycles. The summed E-state index contributed by atoms with van der Waals surface area (Å²) in [6, 6.07) is 2.24. The summed E-state index contributed by atoms with van der Waals surface area (Å²) in [5.41, 5.74) is 0.633. The van der Waals surface area contributed by atoms with Gasteiger partial charge < -0.3 is 14.5 Å². The Kier molecular flexibility index (Phi) is 6.57. The summed E-state index contributed by atoms with van der Waals surface area (Å²) in [5.74, 6) is 2.18. The van der Waals surface area contributed by atoms with E-state index in [2.05, 4.69) is 39.5 Å². The van der Waals surface area contributed by atoms with Gasteiger partial charge in [-0.25, -0.2) is 9.97 Å². The molecular formula is C24H36N6O2S. The van der Waals surface area contributed by atoms with Crippen molar-refractivity contribution in [3.63, 3.8) is 0 Å². The summed E-state index contributed by atoms with van der Waals surface area (Å²) in [7, 11) is 0. The summed E-state index contributed by atoms with van der Waals surface area (Å²) in [5, 5.41) is 0. The van der Waals surface area contributed by atoms with Gasteiger partial charge in [0.2, 0.25) is 5.91 Å². The fourth-order valence-corrected chi connectivity index (χ4v) is 6.43. The number of piperazine rings is 1. The van der Waals surface area contributed by atoms with Crippen molar-refractivity contribution < 1.29 is 9.53 Å². The number of anilines is 1. The second-order valence-corrected chi connectivity index (χ2v) is 11.1. The number of aromatic nitrogens is 2. The lowest BCUT2D eigenvalue weighted by Gasteiger charge is -2.44. The topological polar surface area (TPSA) is 65.0 Å². The van der Waals surface area contributed by atoms with Gasteiger partial charge in [0.25, 0.3) is 0 Å². The van der Waals surface area contributed by atoms with Crippen molar-refractivity contribution in [1.82, 2.24) is 24.7 Å². The first-order valence-corrected chi connectivity index (χ1v) is 13.1. The standard InChI is InChI=1S/C24H36N6O2S/c1-18-25-20-16-19(33-21(20)22(26-18)28-12-14-32-15-13-28)17-27-8-10-30(11-9-27)24(2,3)23(31)29-6-4-5-7-29/h16H,4-15,17H2,1-3H3. The van der Waals surface area contributed by atoms with Gasteiger partial charge in [-0.1, -0.05) is 0 Å². The number of nitrogens with zero attached hydrogens (tertiary/aromatic N) is 6. The molecular weight excluding hydrogens is 436 g/mol. The van der Waals surface area contributed by atoms with Crippen LogP contribution in [0.3, 0.4) is 0 Å². The average molecular weight is 473 g/mol. The Bertz CT molecular complexity index is 988. The van der Waals surface area contributed by atoms with Crippen LogP contribution in [0.5, 0.6) is 0 Å². The Labute approximate surface area is 200 Å². The van der Waals surface area contributed by atoms with Crippen LogP contribution in [0, 0.1) is 6.92 Å². The third-order valence-corrected chi connectivity index (χ3v) is 8.39. The molecule has 0 unspecified atom stereocenters. The second-order valence-electron chi connectivity index (χ2n) is 9.94. The van der Waals surface area contributed by atoms with E-state index in [-0.39, 0.29) is 0 Å². The third kappa shape index (κ3) is 4.73. The maximum absolute atomic E-state index is 13.1. The van der Waals surface area contributed by atoms with Crippen LogP contribution in [0.15, 0.2) is 6.07 Å². The summed E-state index contributed by atoms with van der Waals surface area (Å²) in [6.07, 6.45) is 2.28. The number of ether oxygens (including phenoxy) is 1. The van der Waals surface area contributed by atoms with Crippen LogP contribution in [0.1, 0.15) is 37.4 Å². The van der Waals surface area contributed by atoms with E-state index in [0.717, 1.165) is 102 Å². The lowest BCUT2D eigenvalue weighted by Crippen LogP contribution is -2.60. The number of hydrogen-bond acceptors (Lipinski definition) is 8. The van der Waals surface area contributed by atoms with Crippen molar-refractivity contribution in [3.8, 4) is 0 Å². The molecule has 33 heavy (non-hydrogen) atoms. The van der Waals surface area contributed by atoms with Crippen molar-refractivity contribution in [2.45, 2.75) is 45.7 Å². The highest BCUT2D eigenvalue weighted by atomic mass is 32.1. The number of morpholine rings is 1. The Morgan fingerprint density at radius 1 is 1.03 bits per heavy atom. The van der Waals surface area contributed by atoms with Crippen LogP contribution in [0.2, 0.25) is 0 Å². The van der Waals surface area contributed by atoms with E-state index in [0.29, 0.717) is 5.91 Å². The molecule has 3 saturated heterocycles. The summed E-state index contributed by atoms with van der Waals surface area (Å²) < 4.78 is 6.72. The van der Waals surface area contributed by atoms with Gasteiger partial charge in [0, 0.05) is 63.8 Å². The zero-order valence-electron chi connectivity index (χ0n) is 20.2. The van der Waals surface area contributed by atoms with Crippen LogP contribution in [-0.4, -0.2) is 102 Å². The van der Waals surface area contributed by atoms with Gasteiger partial charge in [0.05, 0.1) is 29.0 Å². The van der Waals surface area contributed by atoms with Crippen LogP contribution in [0.4, 0.5) is 5.82 Å². The monoisotopic (exact) mass is 472 g/mol. The van der Waals surface area contributed by atoms with E-state index in [1.165, 1.54) is 9.58 Å². The highest BCUT2D eigenvalue weighted by Crippen LogP contribution is 2.33. The normalized spacial score (nSPS) is 21.3. The molecule has 0 spiro atoms. The molecule has 0 atom stereocenters. The van der Waals surface area contributed by atoms with Gasteiger partial charge in [-0.2, -0.15) is 0 Å². The van der Waals surface area contributed by atoms with E-state index in [1.807, 2.05) is 18.3 Å². The zero-order chi connectivity index (χ0) is 23.0. The lowest BCUT2D eigenvalue weighted by molar-refractivity contribution is -0.142.